The second kappa shape index (κ2) is 7.98. The molecular formula is C20H22ClFN2O. The summed E-state index contributed by atoms with van der Waals surface area (Å²) in [5.41, 5.74) is 1.79. The Hall–Kier alpha value is -1.91. The highest BCUT2D eigenvalue weighted by molar-refractivity contribution is 6.31. The van der Waals surface area contributed by atoms with Gasteiger partial charge in [0.1, 0.15) is 5.82 Å². The zero-order valence-electron chi connectivity index (χ0n) is 14.3. The largest absolute Gasteiger partial charge is 0.322 e. The molecule has 3 nitrogen and oxygen atoms in total. The number of hydrogen-bond acceptors (Lipinski definition) is 2. The molecule has 2 aromatic rings. The number of carbonyl (C=O) groups excluding carboxylic acids is 1. The molecule has 132 valence electrons. The van der Waals surface area contributed by atoms with Crippen molar-refractivity contribution in [3.8, 4) is 0 Å². The van der Waals surface area contributed by atoms with Crippen molar-refractivity contribution in [2.45, 2.75) is 26.3 Å². The second-order valence-corrected chi connectivity index (χ2v) is 7.19. The van der Waals surface area contributed by atoms with Gasteiger partial charge in [-0.15, -0.1) is 0 Å². The maximum absolute atomic E-state index is 13.8. The van der Waals surface area contributed by atoms with Gasteiger partial charge in [0, 0.05) is 23.8 Å². The Morgan fingerprint density at radius 2 is 2.04 bits per heavy atom. The van der Waals surface area contributed by atoms with E-state index >= 15 is 0 Å². The number of likely N-dealkylation sites (tertiary alicyclic amines) is 1. The lowest BCUT2D eigenvalue weighted by Gasteiger charge is -2.30. The number of rotatable bonds is 4. The summed E-state index contributed by atoms with van der Waals surface area (Å²) in [7, 11) is 0. The molecule has 0 spiro atoms. The summed E-state index contributed by atoms with van der Waals surface area (Å²) in [5.74, 6) is -0.338. The molecule has 1 fully saturated rings. The SMILES string of the molecule is CC1CCCN(Cc2ccc(NC(=O)c3cc(Cl)ccc3F)cc2)C1. The van der Waals surface area contributed by atoms with Crippen molar-refractivity contribution in [3.63, 3.8) is 0 Å². The van der Waals surface area contributed by atoms with E-state index in [1.165, 1.54) is 36.6 Å². The topological polar surface area (TPSA) is 32.3 Å². The van der Waals surface area contributed by atoms with Crippen LogP contribution in [-0.4, -0.2) is 23.9 Å². The quantitative estimate of drug-likeness (QED) is 0.835. The van der Waals surface area contributed by atoms with Crippen LogP contribution >= 0.6 is 11.6 Å². The summed E-state index contributed by atoms with van der Waals surface area (Å²) in [5, 5.41) is 3.04. The molecule has 0 bridgehead atoms. The van der Waals surface area contributed by atoms with Crippen molar-refractivity contribution in [1.82, 2.24) is 4.90 Å². The maximum Gasteiger partial charge on any atom is 0.258 e. The van der Waals surface area contributed by atoms with Crippen LogP contribution in [0.2, 0.25) is 5.02 Å². The van der Waals surface area contributed by atoms with Gasteiger partial charge in [0.2, 0.25) is 0 Å². The molecule has 1 aliphatic heterocycles. The number of amides is 1. The first-order valence-corrected chi connectivity index (χ1v) is 8.97. The van der Waals surface area contributed by atoms with Gasteiger partial charge in [0.05, 0.1) is 5.56 Å². The lowest BCUT2D eigenvalue weighted by atomic mass is 10.00. The molecule has 1 aliphatic rings. The number of piperidine rings is 1. The van der Waals surface area contributed by atoms with E-state index < -0.39 is 11.7 Å². The molecule has 0 saturated carbocycles. The summed E-state index contributed by atoms with van der Waals surface area (Å²) in [6.45, 7) is 5.48. The standard InChI is InChI=1S/C20H22ClFN2O/c1-14-3-2-10-24(12-14)13-15-4-7-17(8-5-15)23-20(25)18-11-16(21)6-9-19(18)22/h4-9,11,14H,2-3,10,12-13H2,1H3,(H,23,25). The molecule has 1 amide bonds. The van der Waals surface area contributed by atoms with Crippen molar-refractivity contribution in [2.75, 3.05) is 18.4 Å². The molecule has 0 aromatic heterocycles. The van der Waals surface area contributed by atoms with E-state index in [9.17, 15) is 9.18 Å². The highest BCUT2D eigenvalue weighted by Gasteiger charge is 2.16. The molecule has 2 aromatic carbocycles. The summed E-state index contributed by atoms with van der Waals surface area (Å²) in [4.78, 5) is 14.7. The monoisotopic (exact) mass is 360 g/mol. The molecule has 5 heteroatoms. The van der Waals surface area contributed by atoms with Gasteiger partial charge < -0.3 is 5.32 Å². The summed E-state index contributed by atoms with van der Waals surface area (Å²) in [6, 6.07) is 11.7. The van der Waals surface area contributed by atoms with Crippen LogP contribution < -0.4 is 5.32 Å². The molecule has 1 N–H and O–H groups in total. The van der Waals surface area contributed by atoms with E-state index in [-0.39, 0.29) is 5.56 Å². The van der Waals surface area contributed by atoms with Gasteiger partial charge in [-0.1, -0.05) is 30.7 Å². The first kappa shape index (κ1) is 17.9. The third-order valence-corrected chi connectivity index (χ3v) is 4.77. The molecule has 3 rings (SSSR count). The van der Waals surface area contributed by atoms with Crippen LogP contribution in [0.1, 0.15) is 35.7 Å². The fourth-order valence-corrected chi connectivity index (χ4v) is 3.42. The van der Waals surface area contributed by atoms with Crippen LogP contribution in [0.4, 0.5) is 10.1 Å². The predicted molar refractivity (Wildman–Crippen MR) is 99.5 cm³/mol. The molecule has 1 atom stereocenters. The third kappa shape index (κ3) is 4.80. The number of nitrogens with one attached hydrogen (secondary N) is 1. The van der Waals surface area contributed by atoms with Crippen molar-refractivity contribution in [1.29, 1.82) is 0 Å². The van der Waals surface area contributed by atoms with Crippen molar-refractivity contribution in [3.05, 3.63) is 64.4 Å². The number of benzene rings is 2. The maximum atomic E-state index is 13.8. The zero-order valence-corrected chi connectivity index (χ0v) is 15.0. The number of anilines is 1. The Bertz CT molecular complexity index is 748. The highest BCUT2D eigenvalue weighted by Crippen LogP contribution is 2.20. The lowest BCUT2D eigenvalue weighted by Crippen LogP contribution is -2.33. The number of hydrogen-bond donors (Lipinski definition) is 1. The predicted octanol–water partition coefficient (Wildman–Crippen LogP) is 4.96. The lowest BCUT2D eigenvalue weighted by molar-refractivity contribution is 0.102. The Morgan fingerprint density at radius 3 is 2.76 bits per heavy atom. The molecule has 1 unspecified atom stereocenters. The van der Waals surface area contributed by atoms with Crippen molar-refractivity contribution < 1.29 is 9.18 Å². The van der Waals surface area contributed by atoms with E-state index in [0.717, 1.165) is 25.6 Å². The Kier molecular flexibility index (Phi) is 5.71. The minimum Gasteiger partial charge on any atom is -0.322 e. The third-order valence-electron chi connectivity index (χ3n) is 4.53. The zero-order chi connectivity index (χ0) is 17.8. The smallest absolute Gasteiger partial charge is 0.258 e. The van der Waals surface area contributed by atoms with Gasteiger partial charge in [-0.2, -0.15) is 0 Å². The first-order valence-electron chi connectivity index (χ1n) is 8.59. The van der Waals surface area contributed by atoms with Gasteiger partial charge in [0.15, 0.2) is 0 Å². The van der Waals surface area contributed by atoms with Gasteiger partial charge in [-0.25, -0.2) is 4.39 Å². The Balaban J connectivity index is 1.62. The number of carbonyl (C=O) groups is 1. The van der Waals surface area contributed by atoms with Crippen LogP contribution in [0, 0.1) is 11.7 Å². The average Bonchev–Trinajstić information content (AvgIpc) is 2.59. The summed E-state index contributed by atoms with van der Waals surface area (Å²) >= 11 is 5.84. The van der Waals surface area contributed by atoms with E-state index in [0.29, 0.717) is 10.7 Å². The van der Waals surface area contributed by atoms with Crippen LogP contribution in [0.15, 0.2) is 42.5 Å². The summed E-state index contributed by atoms with van der Waals surface area (Å²) < 4.78 is 13.8. The molecule has 0 aliphatic carbocycles. The molecule has 25 heavy (non-hydrogen) atoms. The van der Waals surface area contributed by atoms with Crippen molar-refractivity contribution in [2.24, 2.45) is 5.92 Å². The fourth-order valence-electron chi connectivity index (χ4n) is 3.25. The van der Waals surface area contributed by atoms with Gasteiger partial charge in [0.25, 0.3) is 5.91 Å². The Labute approximate surface area is 152 Å². The average molecular weight is 361 g/mol. The van der Waals surface area contributed by atoms with Gasteiger partial charge in [-0.05, 0) is 61.2 Å². The molecule has 0 radical (unpaired) electrons. The minimum atomic E-state index is -0.585. The Morgan fingerprint density at radius 1 is 1.28 bits per heavy atom. The first-order chi connectivity index (χ1) is 12.0. The van der Waals surface area contributed by atoms with Crippen LogP contribution in [0.5, 0.6) is 0 Å². The number of halogens is 2. The summed E-state index contributed by atoms with van der Waals surface area (Å²) in [6.07, 6.45) is 2.56. The van der Waals surface area contributed by atoms with Gasteiger partial charge >= 0.3 is 0 Å². The van der Waals surface area contributed by atoms with Crippen LogP contribution in [0.25, 0.3) is 0 Å². The van der Waals surface area contributed by atoms with Crippen molar-refractivity contribution >= 4 is 23.2 Å². The van der Waals surface area contributed by atoms with Gasteiger partial charge in [-0.3, -0.25) is 9.69 Å². The fraction of sp³-hybridized carbons (Fsp3) is 0.350. The minimum absolute atomic E-state index is 0.0566. The number of nitrogens with zero attached hydrogens (tertiary/aromatic N) is 1. The van der Waals surface area contributed by atoms with Crippen LogP contribution in [-0.2, 0) is 6.54 Å². The van der Waals surface area contributed by atoms with E-state index in [1.54, 1.807) is 0 Å². The normalized spacial score (nSPS) is 18.1. The van der Waals surface area contributed by atoms with E-state index in [2.05, 4.69) is 17.1 Å². The molecule has 1 saturated heterocycles. The van der Waals surface area contributed by atoms with E-state index in [4.69, 9.17) is 11.6 Å². The molecule has 1 heterocycles. The van der Waals surface area contributed by atoms with E-state index in [1.807, 2.05) is 24.3 Å². The van der Waals surface area contributed by atoms with Crippen LogP contribution in [0.3, 0.4) is 0 Å². The highest BCUT2D eigenvalue weighted by atomic mass is 35.5. The second-order valence-electron chi connectivity index (χ2n) is 6.76. The molecular weight excluding hydrogens is 339 g/mol.